The van der Waals surface area contributed by atoms with Crippen molar-refractivity contribution in [3.63, 3.8) is 0 Å². The molecule has 0 spiro atoms. The van der Waals surface area contributed by atoms with Crippen LogP contribution in [0.2, 0.25) is 0 Å². The quantitative estimate of drug-likeness (QED) is 0.823. The lowest BCUT2D eigenvalue weighted by atomic mass is 10.0. The Labute approximate surface area is 108 Å². The summed E-state index contributed by atoms with van der Waals surface area (Å²) in [6.45, 7) is 4.47. The molecule has 5 nitrogen and oxygen atoms in total. The second-order valence-electron chi connectivity index (χ2n) is 5.33. The van der Waals surface area contributed by atoms with E-state index in [-0.39, 0.29) is 0 Å². The predicted molar refractivity (Wildman–Crippen MR) is 71.4 cm³/mol. The van der Waals surface area contributed by atoms with Crippen molar-refractivity contribution in [2.24, 2.45) is 5.73 Å². The fourth-order valence-corrected chi connectivity index (χ4v) is 2.99. The minimum atomic E-state index is 0.416. The summed E-state index contributed by atoms with van der Waals surface area (Å²) in [7, 11) is 0. The highest BCUT2D eigenvalue weighted by atomic mass is 15.3. The minimum Gasteiger partial charge on any atom is -0.354 e. The molecule has 0 radical (unpaired) electrons. The van der Waals surface area contributed by atoms with Crippen molar-refractivity contribution < 1.29 is 0 Å². The maximum absolute atomic E-state index is 5.96. The number of hydrogen-bond acceptors (Lipinski definition) is 5. The number of nitrogens with zero attached hydrogens (tertiary/aromatic N) is 4. The van der Waals surface area contributed by atoms with Gasteiger partial charge in [0.05, 0.1) is 6.20 Å². The number of nitrogens with two attached hydrogens (primary N) is 1. The van der Waals surface area contributed by atoms with Crippen LogP contribution in [0.25, 0.3) is 0 Å². The molecule has 2 aliphatic heterocycles. The summed E-state index contributed by atoms with van der Waals surface area (Å²) in [5, 5.41) is 0. The van der Waals surface area contributed by atoms with E-state index < -0.39 is 0 Å². The van der Waals surface area contributed by atoms with Gasteiger partial charge in [0.1, 0.15) is 5.82 Å². The first-order chi connectivity index (χ1) is 8.83. The van der Waals surface area contributed by atoms with Gasteiger partial charge in [0.2, 0.25) is 0 Å². The molecule has 0 aromatic carbocycles. The largest absolute Gasteiger partial charge is 0.354 e. The molecule has 0 saturated carbocycles. The average Bonchev–Trinajstić information content (AvgIpc) is 2.90. The summed E-state index contributed by atoms with van der Waals surface area (Å²) in [6.07, 6.45) is 8.86. The van der Waals surface area contributed by atoms with E-state index in [4.69, 9.17) is 5.73 Å². The number of aromatic nitrogens is 2. The van der Waals surface area contributed by atoms with E-state index in [1.807, 2.05) is 6.20 Å². The lowest BCUT2D eigenvalue weighted by molar-refractivity contribution is 0.163. The van der Waals surface area contributed by atoms with Crippen LogP contribution in [-0.2, 0) is 0 Å². The number of rotatable bonds is 2. The maximum Gasteiger partial charge on any atom is 0.147 e. The second-order valence-corrected chi connectivity index (χ2v) is 5.33. The monoisotopic (exact) mass is 247 g/mol. The van der Waals surface area contributed by atoms with Gasteiger partial charge in [-0.05, 0) is 32.4 Å². The number of anilines is 1. The van der Waals surface area contributed by atoms with Crippen molar-refractivity contribution in [1.29, 1.82) is 0 Å². The molecule has 3 heterocycles. The topological polar surface area (TPSA) is 58.3 Å². The standard InChI is InChI=1S/C13H21N5/c14-11-1-6-17(7-2-11)12-3-8-18(10-12)13-9-15-4-5-16-13/h4-5,9,11-12H,1-3,6-8,10,14H2. The van der Waals surface area contributed by atoms with Gasteiger partial charge in [-0.15, -0.1) is 0 Å². The smallest absolute Gasteiger partial charge is 0.147 e. The van der Waals surface area contributed by atoms with Crippen LogP contribution in [0.4, 0.5) is 5.82 Å². The zero-order valence-electron chi connectivity index (χ0n) is 10.7. The fourth-order valence-electron chi connectivity index (χ4n) is 2.99. The maximum atomic E-state index is 5.96. The molecule has 5 heteroatoms. The molecule has 18 heavy (non-hydrogen) atoms. The van der Waals surface area contributed by atoms with Gasteiger partial charge in [-0.25, -0.2) is 4.98 Å². The molecule has 1 unspecified atom stereocenters. The lowest BCUT2D eigenvalue weighted by Gasteiger charge is -2.34. The highest BCUT2D eigenvalue weighted by molar-refractivity contribution is 5.37. The van der Waals surface area contributed by atoms with Crippen LogP contribution in [0.15, 0.2) is 18.6 Å². The molecule has 3 rings (SSSR count). The van der Waals surface area contributed by atoms with Crippen molar-refractivity contribution >= 4 is 5.82 Å². The Kier molecular flexibility index (Phi) is 3.43. The van der Waals surface area contributed by atoms with Crippen LogP contribution in [-0.4, -0.2) is 53.1 Å². The van der Waals surface area contributed by atoms with E-state index in [9.17, 15) is 0 Å². The summed E-state index contributed by atoms with van der Waals surface area (Å²) in [5.41, 5.74) is 5.96. The summed E-state index contributed by atoms with van der Waals surface area (Å²) < 4.78 is 0. The van der Waals surface area contributed by atoms with E-state index in [2.05, 4.69) is 19.8 Å². The van der Waals surface area contributed by atoms with Gasteiger partial charge in [0.15, 0.2) is 0 Å². The molecular formula is C13H21N5. The zero-order chi connectivity index (χ0) is 12.4. The molecule has 0 aliphatic carbocycles. The Morgan fingerprint density at radius 2 is 1.94 bits per heavy atom. The Balaban J connectivity index is 1.58. The number of likely N-dealkylation sites (tertiary alicyclic amines) is 1. The molecule has 2 aliphatic rings. The second kappa shape index (κ2) is 5.20. The molecule has 2 saturated heterocycles. The molecule has 0 bridgehead atoms. The first-order valence-corrected chi connectivity index (χ1v) is 6.83. The van der Waals surface area contributed by atoms with Gasteiger partial charge in [0.25, 0.3) is 0 Å². The summed E-state index contributed by atoms with van der Waals surface area (Å²) in [6, 6.07) is 1.08. The molecule has 0 amide bonds. The van der Waals surface area contributed by atoms with E-state index >= 15 is 0 Å². The first kappa shape index (κ1) is 11.9. The molecule has 1 atom stereocenters. The van der Waals surface area contributed by atoms with Crippen molar-refractivity contribution in [1.82, 2.24) is 14.9 Å². The normalized spacial score (nSPS) is 26.7. The van der Waals surface area contributed by atoms with Crippen molar-refractivity contribution in [2.75, 3.05) is 31.1 Å². The molecule has 1 aromatic heterocycles. The minimum absolute atomic E-state index is 0.416. The summed E-state index contributed by atoms with van der Waals surface area (Å²) in [5.74, 6) is 1.01. The van der Waals surface area contributed by atoms with E-state index in [0.29, 0.717) is 12.1 Å². The van der Waals surface area contributed by atoms with Gasteiger partial charge in [0, 0.05) is 37.6 Å². The van der Waals surface area contributed by atoms with Gasteiger partial charge < -0.3 is 10.6 Å². The van der Waals surface area contributed by atoms with Crippen LogP contribution < -0.4 is 10.6 Å². The first-order valence-electron chi connectivity index (χ1n) is 6.83. The average molecular weight is 247 g/mol. The Hall–Kier alpha value is -1.20. The third-order valence-electron chi connectivity index (χ3n) is 4.13. The molecule has 2 fully saturated rings. The zero-order valence-corrected chi connectivity index (χ0v) is 10.7. The van der Waals surface area contributed by atoms with Crippen LogP contribution in [0.1, 0.15) is 19.3 Å². The van der Waals surface area contributed by atoms with Crippen LogP contribution in [0.5, 0.6) is 0 Å². The van der Waals surface area contributed by atoms with E-state index in [1.54, 1.807) is 12.4 Å². The molecule has 1 aromatic rings. The van der Waals surface area contributed by atoms with Crippen molar-refractivity contribution in [3.8, 4) is 0 Å². The number of piperidine rings is 1. The van der Waals surface area contributed by atoms with Crippen LogP contribution in [0, 0.1) is 0 Å². The van der Waals surface area contributed by atoms with Crippen molar-refractivity contribution in [2.45, 2.75) is 31.3 Å². The Morgan fingerprint density at radius 1 is 1.11 bits per heavy atom. The van der Waals surface area contributed by atoms with Gasteiger partial charge in [-0.1, -0.05) is 0 Å². The Bertz CT molecular complexity index is 374. The van der Waals surface area contributed by atoms with Gasteiger partial charge in [-0.3, -0.25) is 9.88 Å². The third-order valence-corrected chi connectivity index (χ3v) is 4.13. The molecule has 2 N–H and O–H groups in total. The lowest BCUT2D eigenvalue weighted by Crippen LogP contribution is -2.46. The van der Waals surface area contributed by atoms with E-state index in [0.717, 1.165) is 44.8 Å². The highest BCUT2D eigenvalue weighted by Crippen LogP contribution is 2.22. The fraction of sp³-hybridized carbons (Fsp3) is 0.692. The van der Waals surface area contributed by atoms with Crippen LogP contribution >= 0.6 is 0 Å². The van der Waals surface area contributed by atoms with Gasteiger partial charge in [-0.2, -0.15) is 0 Å². The predicted octanol–water partition coefficient (Wildman–Crippen LogP) is 0.478. The van der Waals surface area contributed by atoms with Crippen LogP contribution in [0.3, 0.4) is 0 Å². The number of hydrogen-bond donors (Lipinski definition) is 1. The van der Waals surface area contributed by atoms with Gasteiger partial charge >= 0.3 is 0 Å². The SMILES string of the molecule is NC1CCN(C2CCN(c3cnccn3)C2)CC1. The van der Waals surface area contributed by atoms with E-state index in [1.165, 1.54) is 6.42 Å². The molecule has 98 valence electrons. The molecular weight excluding hydrogens is 226 g/mol. The van der Waals surface area contributed by atoms with Crippen molar-refractivity contribution in [3.05, 3.63) is 18.6 Å². The highest BCUT2D eigenvalue weighted by Gasteiger charge is 2.30. The summed E-state index contributed by atoms with van der Waals surface area (Å²) >= 11 is 0. The summed E-state index contributed by atoms with van der Waals surface area (Å²) in [4.78, 5) is 13.5. The Morgan fingerprint density at radius 3 is 2.67 bits per heavy atom. The third kappa shape index (κ3) is 2.47.